The minimum atomic E-state index is 0. The third-order valence-electron chi connectivity index (χ3n) is 5.62. The van der Waals surface area contributed by atoms with Crippen LogP contribution in [0.25, 0.3) is 0 Å². The molecule has 0 amide bonds. The van der Waals surface area contributed by atoms with Gasteiger partial charge in [0, 0.05) is 38.5 Å². The third-order valence-corrected chi connectivity index (χ3v) is 5.62. The van der Waals surface area contributed by atoms with Crippen molar-refractivity contribution < 1.29 is 9.47 Å². The zero-order chi connectivity index (χ0) is 21.2. The van der Waals surface area contributed by atoms with E-state index in [9.17, 15) is 0 Å². The van der Waals surface area contributed by atoms with Gasteiger partial charge in [0.05, 0.1) is 6.10 Å². The van der Waals surface area contributed by atoms with Crippen LogP contribution in [-0.4, -0.2) is 62.9 Å². The maximum Gasteiger partial charge on any atom is 0.195 e. The lowest BCUT2D eigenvalue weighted by atomic mass is 10.1. The van der Waals surface area contributed by atoms with Gasteiger partial charge in [0.15, 0.2) is 5.96 Å². The van der Waals surface area contributed by atoms with E-state index in [1.54, 1.807) is 0 Å². The second-order valence-electron chi connectivity index (χ2n) is 8.85. The Labute approximate surface area is 205 Å². The number of nitrogens with one attached hydrogen (secondary N) is 2. The number of ether oxygens (including phenoxy) is 2. The summed E-state index contributed by atoms with van der Waals surface area (Å²) in [6.45, 7) is 13.3. The van der Waals surface area contributed by atoms with Gasteiger partial charge in [0.2, 0.25) is 0 Å². The van der Waals surface area contributed by atoms with E-state index in [1.165, 1.54) is 25.8 Å². The van der Waals surface area contributed by atoms with Gasteiger partial charge < -0.3 is 25.0 Å². The summed E-state index contributed by atoms with van der Waals surface area (Å²) in [5, 5.41) is 6.94. The number of anilines is 1. The summed E-state index contributed by atoms with van der Waals surface area (Å²) in [5.41, 5.74) is 1.02. The van der Waals surface area contributed by atoms with Crippen LogP contribution in [0.3, 0.4) is 0 Å². The van der Waals surface area contributed by atoms with E-state index in [1.807, 2.05) is 38.1 Å². The van der Waals surface area contributed by atoms with E-state index in [2.05, 4.69) is 22.5 Å². The molecule has 2 fully saturated rings. The van der Waals surface area contributed by atoms with Crippen molar-refractivity contribution in [2.75, 3.05) is 51.3 Å². The Balaban J connectivity index is 0.00000341. The van der Waals surface area contributed by atoms with Crippen LogP contribution in [0.2, 0.25) is 0 Å². The molecule has 0 bridgehead atoms. The molecular weight excluding hydrogens is 503 g/mol. The van der Waals surface area contributed by atoms with Crippen molar-refractivity contribution in [1.29, 1.82) is 0 Å². The number of guanidine groups is 1. The minimum Gasteiger partial charge on any atom is -0.491 e. The molecule has 1 aromatic rings. The highest BCUT2D eigenvalue weighted by Gasteiger charge is 2.21. The highest BCUT2D eigenvalue weighted by molar-refractivity contribution is 14.0. The normalized spacial score (nSPS) is 19.4. The zero-order valence-electron chi connectivity index (χ0n) is 19.4. The smallest absolute Gasteiger partial charge is 0.195 e. The fourth-order valence-corrected chi connectivity index (χ4v) is 3.65. The van der Waals surface area contributed by atoms with Crippen LogP contribution >= 0.6 is 24.0 Å². The molecule has 0 spiro atoms. The quantitative estimate of drug-likeness (QED) is 0.174. The van der Waals surface area contributed by atoms with Gasteiger partial charge in [0.25, 0.3) is 0 Å². The van der Waals surface area contributed by atoms with E-state index < -0.39 is 0 Å². The number of hydrogen-bond donors (Lipinski definition) is 2. The van der Waals surface area contributed by atoms with E-state index in [0.717, 1.165) is 69.1 Å². The molecule has 1 saturated heterocycles. The lowest BCUT2D eigenvalue weighted by Crippen LogP contribution is -2.33. The number of rotatable bonds is 12. The highest BCUT2D eigenvalue weighted by Crippen LogP contribution is 2.28. The molecule has 176 valence electrons. The van der Waals surface area contributed by atoms with E-state index in [4.69, 9.17) is 14.5 Å². The number of likely N-dealkylation sites (tertiary alicyclic amines) is 1. The third kappa shape index (κ3) is 10.4. The molecule has 1 unspecified atom stereocenters. The predicted octanol–water partition coefficient (Wildman–Crippen LogP) is 4.61. The summed E-state index contributed by atoms with van der Waals surface area (Å²) in [5.74, 6) is 3.21. The Kier molecular flexibility index (Phi) is 12.0. The Morgan fingerprint density at radius 1 is 1.16 bits per heavy atom. The Bertz CT molecular complexity index is 649. The van der Waals surface area contributed by atoms with Crippen molar-refractivity contribution in [2.24, 2.45) is 16.8 Å². The fourth-order valence-electron chi connectivity index (χ4n) is 3.65. The molecule has 31 heavy (non-hydrogen) atoms. The van der Waals surface area contributed by atoms with Crippen molar-refractivity contribution >= 4 is 35.6 Å². The van der Waals surface area contributed by atoms with Gasteiger partial charge in [-0.2, -0.15) is 0 Å². The summed E-state index contributed by atoms with van der Waals surface area (Å²) < 4.78 is 11.5. The molecule has 1 aromatic carbocycles. The second-order valence-corrected chi connectivity index (χ2v) is 8.85. The number of nitrogens with zero attached hydrogens (tertiary/aromatic N) is 2. The Hall–Kier alpha value is -1.06. The van der Waals surface area contributed by atoms with Gasteiger partial charge >= 0.3 is 0 Å². The van der Waals surface area contributed by atoms with Crippen molar-refractivity contribution in [1.82, 2.24) is 10.2 Å². The zero-order valence-corrected chi connectivity index (χ0v) is 21.8. The van der Waals surface area contributed by atoms with Crippen molar-refractivity contribution in [2.45, 2.75) is 52.6 Å². The summed E-state index contributed by atoms with van der Waals surface area (Å²) in [6.07, 6.45) is 5.09. The first-order valence-electron chi connectivity index (χ1n) is 11.7. The molecule has 1 aliphatic heterocycles. The lowest BCUT2D eigenvalue weighted by molar-refractivity contribution is 0.123. The Morgan fingerprint density at radius 2 is 1.94 bits per heavy atom. The first-order valence-corrected chi connectivity index (χ1v) is 11.7. The van der Waals surface area contributed by atoms with Crippen molar-refractivity contribution in [3.63, 3.8) is 0 Å². The number of halogens is 1. The molecule has 1 heterocycles. The van der Waals surface area contributed by atoms with Crippen LogP contribution in [0.5, 0.6) is 5.75 Å². The van der Waals surface area contributed by atoms with E-state index >= 15 is 0 Å². The van der Waals surface area contributed by atoms with Crippen LogP contribution < -0.4 is 15.4 Å². The predicted molar refractivity (Wildman–Crippen MR) is 140 cm³/mol. The molecule has 7 heteroatoms. The van der Waals surface area contributed by atoms with Gasteiger partial charge in [-0.1, -0.05) is 6.92 Å². The molecule has 1 aliphatic carbocycles. The minimum absolute atomic E-state index is 0. The summed E-state index contributed by atoms with van der Waals surface area (Å²) >= 11 is 0. The molecule has 3 rings (SSSR count). The van der Waals surface area contributed by atoms with E-state index in [0.29, 0.717) is 5.92 Å². The monoisotopic (exact) mass is 544 g/mol. The van der Waals surface area contributed by atoms with Gasteiger partial charge in [-0.25, -0.2) is 0 Å². The van der Waals surface area contributed by atoms with Crippen LogP contribution in [0.15, 0.2) is 29.3 Å². The topological polar surface area (TPSA) is 58.1 Å². The average molecular weight is 545 g/mol. The molecular formula is C24H41IN4O2. The molecule has 0 radical (unpaired) electrons. The Morgan fingerprint density at radius 3 is 2.58 bits per heavy atom. The molecule has 1 saturated carbocycles. The highest BCUT2D eigenvalue weighted by atomic mass is 127. The molecule has 6 nitrogen and oxygen atoms in total. The number of hydrogen-bond acceptors (Lipinski definition) is 4. The van der Waals surface area contributed by atoms with Gasteiger partial charge in [-0.15, -0.1) is 24.0 Å². The van der Waals surface area contributed by atoms with E-state index in [-0.39, 0.29) is 30.1 Å². The van der Waals surface area contributed by atoms with Crippen LogP contribution in [0.4, 0.5) is 5.69 Å². The summed E-state index contributed by atoms with van der Waals surface area (Å²) in [6, 6.07) is 8.09. The van der Waals surface area contributed by atoms with Crippen LogP contribution in [-0.2, 0) is 4.74 Å². The molecule has 2 aliphatic rings. The van der Waals surface area contributed by atoms with Gasteiger partial charge in [0.1, 0.15) is 5.75 Å². The van der Waals surface area contributed by atoms with Crippen molar-refractivity contribution in [3.05, 3.63) is 24.3 Å². The van der Waals surface area contributed by atoms with Gasteiger partial charge in [-0.05, 0) is 88.7 Å². The molecule has 0 aromatic heterocycles. The number of benzene rings is 1. The largest absolute Gasteiger partial charge is 0.491 e. The van der Waals surface area contributed by atoms with Crippen LogP contribution in [0.1, 0.15) is 46.5 Å². The van der Waals surface area contributed by atoms with Crippen molar-refractivity contribution in [3.8, 4) is 5.75 Å². The summed E-state index contributed by atoms with van der Waals surface area (Å²) in [4.78, 5) is 7.40. The first-order chi connectivity index (χ1) is 14.6. The average Bonchev–Trinajstić information content (AvgIpc) is 3.44. The molecule has 2 N–H and O–H groups in total. The number of aliphatic imine (C=N–C) groups is 1. The van der Waals surface area contributed by atoms with Gasteiger partial charge in [-0.3, -0.25) is 4.99 Å². The standard InChI is InChI=1S/C24H40N4O2.HI/c1-4-28-14-12-21(17-28)16-26-24(25-13-5-15-29-18-20-6-7-20)27-22-8-10-23(11-9-22)30-19(2)3;/h8-11,19-21H,4-7,12-18H2,1-3H3,(H2,25,26,27);1H. The SMILES string of the molecule is CCN1CCC(CN=C(NCCCOCC2CC2)Nc2ccc(OC(C)C)cc2)C1.I. The van der Waals surface area contributed by atoms with Crippen LogP contribution in [0, 0.1) is 11.8 Å². The fraction of sp³-hybridized carbons (Fsp3) is 0.708. The molecule has 1 atom stereocenters. The second kappa shape index (κ2) is 14.2. The maximum atomic E-state index is 5.75. The summed E-state index contributed by atoms with van der Waals surface area (Å²) in [7, 11) is 0. The lowest BCUT2D eigenvalue weighted by Gasteiger charge is -2.16. The maximum absolute atomic E-state index is 5.75. The first kappa shape index (κ1) is 26.2.